The van der Waals surface area contributed by atoms with Crippen LogP contribution in [0.4, 0.5) is 10.1 Å². The van der Waals surface area contributed by atoms with E-state index in [1.807, 2.05) is 6.07 Å². The van der Waals surface area contributed by atoms with Crippen molar-refractivity contribution < 1.29 is 48.6 Å². The maximum Gasteiger partial charge on any atom is 1.00 e. The number of aliphatic carboxylic acids is 1. The number of carbonyl (C=O) groups excluding carboxylic acids is 1. The van der Waals surface area contributed by atoms with Crippen LogP contribution >= 0.6 is 0 Å². The van der Waals surface area contributed by atoms with Gasteiger partial charge >= 0.3 is 29.6 Å². The third-order valence-electron chi connectivity index (χ3n) is 5.91. The van der Waals surface area contributed by atoms with Gasteiger partial charge in [-0.2, -0.15) is 0 Å². The zero-order valence-electron chi connectivity index (χ0n) is 19.1. The Morgan fingerprint density at radius 2 is 1.82 bits per heavy atom. The van der Waals surface area contributed by atoms with Crippen molar-refractivity contribution in [3.63, 3.8) is 0 Å². The Hall–Kier alpha value is -2.34. The Morgan fingerprint density at radius 1 is 1.00 bits per heavy atom. The second kappa shape index (κ2) is 12.2. The van der Waals surface area contributed by atoms with Gasteiger partial charge in [0.25, 0.3) is 0 Å². The number of rotatable bonds is 9. The standard InChI is InChI=1S/C27H28FNO3.Na/c28-25-18-24(12-10-22(25)11-13-27(30)31)32-19-21-8-9-23-7-4-15-29(26(23)17-21)16-14-20-5-2-1-3-6-20;/h1-3,5-6,8-10,12,17-18H,4,7,11,13-16,19H2,(H,30,31);/q;+1/p-1. The van der Waals surface area contributed by atoms with Crippen molar-refractivity contribution in [1.29, 1.82) is 0 Å². The number of hydrogen-bond donors (Lipinski definition) is 0. The molecule has 166 valence electrons. The maximum atomic E-state index is 14.2. The summed E-state index contributed by atoms with van der Waals surface area (Å²) in [7, 11) is 0. The number of hydrogen-bond acceptors (Lipinski definition) is 4. The Kier molecular flexibility index (Phi) is 9.36. The molecule has 0 spiro atoms. The molecule has 0 saturated heterocycles. The average molecular weight is 456 g/mol. The number of anilines is 1. The number of carbonyl (C=O) groups is 1. The van der Waals surface area contributed by atoms with Crippen LogP contribution in [0, 0.1) is 5.82 Å². The van der Waals surface area contributed by atoms with E-state index in [-0.39, 0.29) is 42.4 Å². The molecular weight excluding hydrogens is 428 g/mol. The molecule has 1 aliphatic heterocycles. The van der Waals surface area contributed by atoms with Gasteiger partial charge in [0.1, 0.15) is 18.2 Å². The molecule has 0 aromatic heterocycles. The zero-order valence-corrected chi connectivity index (χ0v) is 21.1. The van der Waals surface area contributed by atoms with Crippen molar-refractivity contribution in [1.82, 2.24) is 0 Å². The second-order valence-corrected chi connectivity index (χ2v) is 8.20. The Morgan fingerprint density at radius 3 is 2.58 bits per heavy atom. The predicted molar refractivity (Wildman–Crippen MR) is 121 cm³/mol. The van der Waals surface area contributed by atoms with Gasteiger partial charge in [-0.1, -0.05) is 48.5 Å². The SMILES string of the molecule is O=C([O-])CCc1ccc(OCc2ccc3c(c2)N(CCc2ccccc2)CCC3)cc1F.[Na+]. The van der Waals surface area contributed by atoms with Gasteiger partial charge in [-0.25, -0.2) is 4.39 Å². The molecule has 6 heteroatoms. The van der Waals surface area contributed by atoms with Crippen molar-refractivity contribution in [2.45, 2.75) is 38.7 Å². The van der Waals surface area contributed by atoms with E-state index in [9.17, 15) is 14.3 Å². The summed E-state index contributed by atoms with van der Waals surface area (Å²) in [5, 5.41) is 10.6. The van der Waals surface area contributed by atoms with Gasteiger partial charge in [0.05, 0.1) is 0 Å². The third kappa shape index (κ3) is 7.07. The first-order valence-corrected chi connectivity index (χ1v) is 11.1. The first kappa shape index (κ1) is 25.3. The number of benzene rings is 3. The molecule has 0 amide bonds. The molecule has 0 radical (unpaired) electrons. The second-order valence-electron chi connectivity index (χ2n) is 8.20. The topological polar surface area (TPSA) is 52.6 Å². The number of nitrogens with zero attached hydrogens (tertiary/aromatic N) is 1. The van der Waals surface area contributed by atoms with Crippen molar-refractivity contribution >= 4 is 11.7 Å². The Bertz CT molecular complexity index is 1070. The van der Waals surface area contributed by atoms with Crippen LogP contribution in [0.2, 0.25) is 0 Å². The van der Waals surface area contributed by atoms with Crippen LogP contribution in [-0.4, -0.2) is 19.1 Å². The van der Waals surface area contributed by atoms with Gasteiger partial charge < -0.3 is 19.5 Å². The number of aryl methyl sites for hydroxylation is 2. The van der Waals surface area contributed by atoms with Gasteiger partial charge in [0.2, 0.25) is 0 Å². The van der Waals surface area contributed by atoms with Gasteiger partial charge in [0, 0.05) is 30.8 Å². The fourth-order valence-corrected chi connectivity index (χ4v) is 4.15. The van der Waals surface area contributed by atoms with Crippen LogP contribution in [0.25, 0.3) is 0 Å². The maximum absolute atomic E-state index is 14.2. The number of fused-ring (bicyclic) bond motifs is 1. The van der Waals surface area contributed by atoms with Crippen molar-refractivity contribution in [3.05, 3.63) is 94.8 Å². The van der Waals surface area contributed by atoms with E-state index in [1.54, 1.807) is 12.1 Å². The molecule has 0 aliphatic carbocycles. The summed E-state index contributed by atoms with van der Waals surface area (Å²) in [5.41, 5.74) is 5.35. The molecule has 0 bridgehead atoms. The summed E-state index contributed by atoms with van der Waals surface area (Å²) in [4.78, 5) is 13.0. The van der Waals surface area contributed by atoms with E-state index in [0.717, 1.165) is 37.9 Å². The number of carboxylic acids is 1. The largest absolute Gasteiger partial charge is 1.00 e. The van der Waals surface area contributed by atoms with Crippen LogP contribution in [0.15, 0.2) is 66.7 Å². The normalized spacial score (nSPS) is 12.6. The summed E-state index contributed by atoms with van der Waals surface area (Å²) in [6.45, 7) is 2.36. The monoisotopic (exact) mass is 455 g/mol. The van der Waals surface area contributed by atoms with Gasteiger partial charge in [-0.15, -0.1) is 0 Å². The van der Waals surface area contributed by atoms with Crippen LogP contribution in [0.3, 0.4) is 0 Å². The van der Waals surface area contributed by atoms with Crippen molar-refractivity contribution in [2.24, 2.45) is 0 Å². The molecule has 33 heavy (non-hydrogen) atoms. The summed E-state index contributed by atoms with van der Waals surface area (Å²) in [6, 6.07) is 21.5. The van der Waals surface area contributed by atoms with Crippen molar-refractivity contribution in [2.75, 3.05) is 18.0 Å². The first-order chi connectivity index (χ1) is 15.6. The zero-order chi connectivity index (χ0) is 22.3. The predicted octanol–water partition coefficient (Wildman–Crippen LogP) is 1.09. The van der Waals surface area contributed by atoms with E-state index in [0.29, 0.717) is 17.9 Å². The number of ether oxygens (including phenoxy) is 1. The summed E-state index contributed by atoms with van der Waals surface area (Å²) < 4.78 is 20.0. The van der Waals surface area contributed by atoms with Crippen LogP contribution in [-0.2, 0) is 30.7 Å². The van der Waals surface area contributed by atoms with E-state index >= 15 is 0 Å². The Balaban J connectivity index is 0.00000306. The summed E-state index contributed by atoms with van der Waals surface area (Å²) >= 11 is 0. The molecule has 0 saturated carbocycles. The molecular formula is C27H27FNNaO3. The van der Waals surface area contributed by atoms with Crippen LogP contribution in [0.5, 0.6) is 5.75 Å². The molecule has 4 rings (SSSR count). The molecule has 0 unspecified atom stereocenters. The van der Waals surface area contributed by atoms with Gasteiger partial charge in [0.15, 0.2) is 0 Å². The van der Waals surface area contributed by atoms with E-state index < -0.39 is 11.8 Å². The quantitative estimate of drug-likeness (QED) is 0.454. The third-order valence-corrected chi connectivity index (χ3v) is 5.91. The van der Waals surface area contributed by atoms with Gasteiger partial charge in [-0.05, 0) is 66.5 Å². The molecule has 4 nitrogen and oxygen atoms in total. The molecule has 3 aromatic rings. The molecule has 1 heterocycles. The minimum Gasteiger partial charge on any atom is -0.550 e. The fraction of sp³-hybridized carbons (Fsp3) is 0.296. The van der Waals surface area contributed by atoms with Crippen LogP contribution < -0.4 is 44.3 Å². The molecule has 1 aliphatic rings. The minimum absolute atomic E-state index is 0. The van der Waals surface area contributed by atoms with Crippen LogP contribution in [0.1, 0.15) is 35.1 Å². The molecule has 0 atom stereocenters. The van der Waals surface area contributed by atoms with E-state index in [1.165, 1.54) is 22.9 Å². The molecule has 0 N–H and O–H groups in total. The van der Waals surface area contributed by atoms with Crippen molar-refractivity contribution in [3.8, 4) is 5.75 Å². The smallest absolute Gasteiger partial charge is 0.550 e. The Labute approximate surface area is 216 Å². The van der Waals surface area contributed by atoms with Gasteiger partial charge in [-0.3, -0.25) is 0 Å². The summed E-state index contributed by atoms with van der Waals surface area (Å²) in [6.07, 6.45) is 3.15. The summed E-state index contributed by atoms with van der Waals surface area (Å²) in [5.74, 6) is -1.21. The molecule has 3 aromatic carbocycles. The minimum atomic E-state index is -1.19. The molecule has 0 fully saturated rings. The first-order valence-electron chi connectivity index (χ1n) is 11.1. The van der Waals surface area contributed by atoms with E-state index in [2.05, 4.69) is 47.4 Å². The average Bonchev–Trinajstić information content (AvgIpc) is 2.81. The number of carboxylic acid groups (broad SMARTS) is 1. The number of halogens is 1. The fourth-order valence-electron chi connectivity index (χ4n) is 4.15. The van der Waals surface area contributed by atoms with E-state index in [4.69, 9.17) is 4.74 Å².